The normalized spacial score (nSPS) is 15.1. The van der Waals surface area contributed by atoms with Gasteiger partial charge in [0.2, 0.25) is 5.90 Å². The second kappa shape index (κ2) is 6.66. The summed E-state index contributed by atoms with van der Waals surface area (Å²) in [5.41, 5.74) is 0.951. The average molecular weight is 379 g/mol. The van der Waals surface area contributed by atoms with Gasteiger partial charge in [-0.05, 0) is 40.6 Å². The van der Waals surface area contributed by atoms with E-state index in [1.54, 1.807) is 6.08 Å². The van der Waals surface area contributed by atoms with Crippen molar-refractivity contribution in [3.05, 3.63) is 92.6 Å². The number of fused-ring (bicyclic) bond motifs is 1. The molecule has 0 atom stereocenters. The van der Waals surface area contributed by atoms with E-state index >= 15 is 0 Å². The summed E-state index contributed by atoms with van der Waals surface area (Å²) >= 11 is 5.81. The van der Waals surface area contributed by atoms with Crippen molar-refractivity contribution in [1.29, 1.82) is 0 Å². The molecule has 4 rings (SSSR count). The molecule has 1 aliphatic rings. The largest absolute Gasteiger partial charge is 0.402 e. The van der Waals surface area contributed by atoms with Crippen molar-refractivity contribution >= 4 is 46.0 Å². The monoisotopic (exact) mass is 378 g/mol. The van der Waals surface area contributed by atoms with Gasteiger partial charge in [-0.15, -0.1) is 0 Å². The van der Waals surface area contributed by atoms with Crippen molar-refractivity contribution < 1.29 is 14.5 Å². The lowest BCUT2D eigenvalue weighted by atomic mass is 10.1. The van der Waals surface area contributed by atoms with Crippen LogP contribution >= 0.6 is 11.6 Å². The number of nitro benzene ring substituents is 1. The molecule has 0 aliphatic carbocycles. The number of nitro groups is 1. The molecule has 0 N–H and O–H groups in total. The molecule has 1 heterocycles. The van der Waals surface area contributed by atoms with E-state index in [9.17, 15) is 14.9 Å². The lowest BCUT2D eigenvalue weighted by molar-refractivity contribution is -0.384. The minimum Gasteiger partial charge on any atom is -0.402 e. The summed E-state index contributed by atoms with van der Waals surface area (Å²) in [5, 5.41) is 13.2. The van der Waals surface area contributed by atoms with Crippen LogP contribution in [0, 0.1) is 10.1 Å². The number of ether oxygens (including phenoxy) is 1. The van der Waals surface area contributed by atoms with Gasteiger partial charge < -0.3 is 4.74 Å². The third-order valence-electron chi connectivity index (χ3n) is 4.09. The first-order valence-electron chi connectivity index (χ1n) is 7.97. The predicted molar refractivity (Wildman–Crippen MR) is 103 cm³/mol. The van der Waals surface area contributed by atoms with Gasteiger partial charge in [-0.1, -0.05) is 48.0 Å². The van der Waals surface area contributed by atoms with Gasteiger partial charge in [-0.2, -0.15) is 0 Å². The van der Waals surface area contributed by atoms with Crippen LogP contribution in [-0.2, 0) is 9.53 Å². The third-order valence-corrected chi connectivity index (χ3v) is 4.41. The van der Waals surface area contributed by atoms with Crippen LogP contribution in [0.4, 0.5) is 5.69 Å². The van der Waals surface area contributed by atoms with Crippen LogP contribution in [-0.4, -0.2) is 16.8 Å². The molecular weight excluding hydrogens is 368 g/mol. The van der Waals surface area contributed by atoms with Gasteiger partial charge in [0.15, 0.2) is 5.70 Å². The van der Waals surface area contributed by atoms with E-state index in [1.165, 1.54) is 18.2 Å². The molecule has 0 radical (unpaired) electrons. The number of halogens is 1. The number of nitrogens with zero attached hydrogens (tertiary/aromatic N) is 2. The number of carbonyl (C=O) groups is 1. The molecule has 27 heavy (non-hydrogen) atoms. The van der Waals surface area contributed by atoms with Crippen LogP contribution in [0.25, 0.3) is 16.8 Å². The molecule has 0 saturated heterocycles. The Morgan fingerprint density at radius 3 is 2.59 bits per heavy atom. The van der Waals surface area contributed by atoms with Crippen LogP contribution < -0.4 is 0 Å². The number of carbonyl (C=O) groups excluding carboxylic acids is 1. The van der Waals surface area contributed by atoms with Gasteiger partial charge in [-0.25, -0.2) is 9.79 Å². The maximum Gasteiger partial charge on any atom is 0.363 e. The Morgan fingerprint density at radius 2 is 1.81 bits per heavy atom. The highest BCUT2D eigenvalue weighted by molar-refractivity contribution is 6.32. The van der Waals surface area contributed by atoms with Crippen molar-refractivity contribution in [3.63, 3.8) is 0 Å². The molecule has 132 valence electrons. The summed E-state index contributed by atoms with van der Waals surface area (Å²) < 4.78 is 5.17. The summed E-state index contributed by atoms with van der Waals surface area (Å²) in [4.78, 5) is 26.8. The fourth-order valence-corrected chi connectivity index (χ4v) is 2.96. The first-order valence-corrected chi connectivity index (χ1v) is 8.35. The zero-order chi connectivity index (χ0) is 19.0. The predicted octanol–water partition coefficient (Wildman–Crippen LogP) is 4.75. The second-order valence-corrected chi connectivity index (χ2v) is 6.27. The fourth-order valence-electron chi connectivity index (χ4n) is 2.77. The van der Waals surface area contributed by atoms with Crippen LogP contribution in [0.15, 0.2) is 71.4 Å². The maximum absolute atomic E-state index is 12.1. The van der Waals surface area contributed by atoms with E-state index in [2.05, 4.69) is 4.99 Å². The molecule has 0 spiro atoms. The van der Waals surface area contributed by atoms with E-state index in [-0.39, 0.29) is 22.3 Å². The highest BCUT2D eigenvalue weighted by atomic mass is 35.5. The van der Waals surface area contributed by atoms with Crippen molar-refractivity contribution in [1.82, 2.24) is 0 Å². The summed E-state index contributed by atoms with van der Waals surface area (Å²) in [6.45, 7) is 0. The van der Waals surface area contributed by atoms with Crippen molar-refractivity contribution in [3.8, 4) is 0 Å². The van der Waals surface area contributed by atoms with Gasteiger partial charge in [0.1, 0.15) is 5.02 Å². The Balaban J connectivity index is 1.71. The summed E-state index contributed by atoms with van der Waals surface area (Å²) in [6.07, 6.45) is 1.62. The summed E-state index contributed by atoms with van der Waals surface area (Å²) in [6, 6.07) is 17.8. The molecule has 0 bridgehead atoms. The van der Waals surface area contributed by atoms with Gasteiger partial charge in [0.05, 0.1) is 4.92 Å². The lowest BCUT2D eigenvalue weighted by Gasteiger charge is -2.00. The lowest BCUT2D eigenvalue weighted by Crippen LogP contribution is -2.06. The number of benzene rings is 3. The number of cyclic esters (lactones) is 1. The SMILES string of the molecule is O=C1OC(c2ccc(Cl)c([N+](=O)[O-])c2)=N/C1=C\c1ccc2ccccc2c1. The van der Waals surface area contributed by atoms with Gasteiger partial charge in [-0.3, -0.25) is 10.1 Å². The maximum atomic E-state index is 12.1. The number of hydrogen-bond donors (Lipinski definition) is 0. The minimum atomic E-state index is -0.615. The van der Waals surface area contributed by atoms with E-state index in [1.807, 2.05) is 42.5 Å². The standard InChI is InChI=1S/C20H11ClN2O4/c21-16-8-7-15(11-18(16)23(25)26)19-22-17(20(24)27-19)10-12-5-6-13-3-1-2-4-14(13)9-12/h1-11H/b17-10-. The molecule has 7 heteroatoms. The molecule has 3 aromatic rings. The number of esters is 1. The number of rotatable bonds is 3. The minimum absolute atomic E-state index is 0.000558. The Labute approximate surface area is 158 Å². The van der Waals surface area contributed by atoms with E-state index in [0.29, 0.717) is 5.56 Å². The molecular formula is C20H11ClN2O4. The van der Waals surface area contributed by atoms with Crippen LogP contribution in [0.5, 0.6) is 0 Å². The first kappa shape index (κ1) is 16.9. The van der Waals surface area contributed by atoms with Crippen molar-refractivity contribution in [2.75, 3.05) is 0 Å². The van der Waals surface area contributed by atoms with E-state index in [0.717, 1.165) is 16.3 Å². The number of hydrogen-bond acceptors (Lipinski definition) is 5. The molecule has 0 aromatic heterocycles. The van der Waals surface area contributed by atoms with Crippen LogP contribution in [0.1, 0.15) is 11.1 Å². The second-order valence-electron chi connectivity index (χ2n) is 5.87. The third kappa shape index (κ3) is 3.30. The first-order chi connectivity index (χ1) is 13.0. The highest BCUT2D eigenvalue weighted by Crippen LogP contribution is 2.28. The molecule has 0 fully saturated rings. The van der Waals surface area contributed by atoms with E-state index < -0.39 is 10.9 Å². The van der Waals surface area contributed by atoms with Gasteiger partial charge >= 0.3 is 5.97 Å². The zero-order valence-electron chi connectivity index (χ0n) is 13.8. The Hall–Kier alpha value is -3.51. The smallest absolute Gasteiger partial charge is 0.363 e. The Morgan fingerprint density at radius 1 is 1.04 bits per heavy atom. The van der Waals surface area contributed by atoms with Gasteiger partial charge in [0.25, 0.3) is 5.69 Å². The average Bonchev–Trinajstić information content (AvgIpc) is 3.02. The Bertz CT molecular complexity index is 1170. The Kier molecular flexibility index (Phi) is 4.18. The van der Waals surface area contributed by atoms with Gasteiger partial charge in [0, 0.05) is 11.6 Å². The summed E-state index contributed by atoms with van der Waals surface area (Å²) in [7, 11) is 0. The van der Waals surface area contributed by atoms with Crippen molar-refractivity contribution in [2.45, 2.75) is 0 Å². The fraction of sp³-hybridized carbons (Fsp3) is 0. The molecule has 6 nitrogen and oxygen atoms in total. The van der Waals surface area contributed by atoms with Crippen LogP contribution in [0.2, 0.25) is 5.02 Å². The van der Waals surface area contributed by atoms with E-state index in [4.69, 9.17) is 16.3 Å². The number of aliphatic imine (C=N–C) groups is 1. The topological polar surface area (TPSA) is 81.8 Å². The van der Waals surface area contributed by atoms with Crippen molar-refractivity contribution in [2.24, 2.45) is 4.99 Å². The molecule has 3 aromatic carbocycles. The molecule has 0 saturated carbocycles. The molecule has 1 aliphatic heterocycles. The molecule has 0 amide bonds. The highest BCUT2D eigenvalue weighted by Gasteiger charge is 2.26. The quantitative estimate of drug-likeness (QED) is 0.285. The summed E-state index contributed by atoms with van der Waals surface area (Å²) in [5.74, 6) is -0.609. The molecule has 0 unspecified atom stereocenters. The zero-order valence-corrected chi connectivity index (χ0v) is 14.5. The van der Waals surface area contributed by atoms with Crippen LogP contribution in [0.3, 0.4) is 0 Å².